The summed E-state index contributed by atoms with van der Waals surface area (Å²) in [6, 6.07) is 0. The van der Waals surface area contributed by atoms with E-state index in [-0.39, 0.29) is 5.97 Å². The molecule has 0 aliphatic carbocycles. The van der Waals surface area contributed by atoms with Crippen LogP contribution in [0, 0.1) is 0 Å². The van der Waals surface area contributed by atoms with Crippen LogP contribution in [0.2, 0.25) is 0 Å². The van der Waals surface area contributed by atoms with Crippen molar-refractivity contribution in [3.05, 3.63) is 0 Å². The van der Waals surface area contributed by atoms with E-state index >= 15 is 0 Å². The molecule has 0 atom stereocenters. The Labute approximate surface area is 76.2 Å². The predicted octanol–water partition coefficient (Wildman–Crippen LogP) is -0.383. The first kappa shape index (κ1) is 13.5. The molecule has 0 radical (unpaired) electrons. The van der Waals surface area contributed by atoms with Gasteiger partial charge in [0, 0.05) is 5.88 Å². The first-order chi connectivity index (χ1) is 5.04. The molecule has 0 amide bonds. The molecule has 0 N–H and O–H groups in total. The van der Waals surface area contributed by atoms with Gasteiger partial charge in [-0.3, -0.25) is 4.79 Å². The monoisotopic (exact) mass is 197 g/mol. The van der Waals surface area contributed by atoms with E-state index in [0.29, 0.717) is 22.8 Å². The first-order valence-corrected chi connectivity index (χ1v) is 4.63. The van der Waals surface area contributed by atoms with Crippen molar-refractivity contribution >= 4 is 28.1 Å². The third-order valence-electron chi connectivity index (χ3n) is 0.526. The molecule has 0 aromatic heterocycles. The molecule has 0 bridgehead atoms. The lowest BCUT2D eigenvalue weighted by molar-refractivity contribution is -0.133. The van der Waals surface area contributed by atoms with Crippen LogP contribution in [0.4, 0.5) is 0 Å². The van der Waals surface area contributed by atoms with E-state index in [0.717, 1.165) is 0 Å². The summed E-state index contributed by atoms with van der Waals surface area (Å²) in [5.41, 5.74) is 0. The molecule has 0 aromatic rings. The van der Waals surface area contributed by atoms with Crippen LogP contribution in [0.15, 0.2) is 0 Å². The average Bonchev–Trinajstić information content (AvgIpc) is 1.87. The minimum atomic E-state index is -0.193. The van der Waals surface area contributed by atoms with Gasteiger partial charge in [0.2, 0.25) is 10.5 Å². The fourth-order valence-corrected chi connectivity index (χ4v) is 0.538. The standard InChI is InChI=1S/C3H7ClO2Si.C3H9N/c4-2-1-3(5)6-7;1-4(2)3/h1-2H2,7H3;1-3H3. The molecule has 68 valence electrons. The average molecular weight is 198 g/mol. The Kier molecular flexibility index (Phi) is 12.2. The highest BCUT2D eigenvalue weighted by Gasteiger charge is 1.93. The molecule has 0 unspecified atom stereocenters. The summed E-state index contributed by atoms with van der Waals surface area (Å²) in [7, 11) is 6.48. The summed E-state index contributed by atoms with van der Waals surface area (Å²) in [5, 5.41) is 0. The van der Waals surface area contributed by atoms with E-state index in [1.807, 2.05) is 26.0 Å². The summed E-state index contributed by atoms with van der Waals surface area (Å²) in [6.45, 7) is 0. The van der Waals surface area contributed by atoms with Gasteiger partial charge >= 0.3 is 0 Å². The molecule has 0 saturated heterocycles. The Bertz CT molecular complexity index is 97.8. The Morgan fingerprint density at radius 1 is 1.55 bits per heavy atom. The van der Waals surface area contributed by atoms with Gasteiger partial charge in [-0.2, -0.15) is 0 Å². The zero-order valence-electron chi connectivity index (χ0n) is 7.56. The highest BCUT2D eigenvalue weighted by Crippen LogP contribution is 1.84. The molecule has 3 nitrogen and oxygen atoms in total. The number of carbonyl (C=O) groups excluding carboxylic acids is 1. The molecule has 5 heteroatoms. The van der Waals surface area contributed by atoms with E-state index < -0.39 is 0 Å². The van der Waals surface area contributed by atoms with Gasteiger partial charge in [-0.1, -0.05) is 0 Å². The molecule has 0 aliphatic heterocycles. The number of alkyl halides is 1. The van der Waals surface area contributed by atoms with Crippen LogP contribution in [0.3, 0.4) is 0 Å². The molecular weight excluding hydrogens is 182 g/mol. The van der Waals surface area contributed by atoms with Crippen molar-refractivity contribution in [1.29, 1.82) is 0 Å². The molecule has 0 rings (SSSR count). The number of hydrogen-bond donors (Lipinski definition) is 0. The van der Waals surface area contributed by atoms with Crippen molar-refractivity contribution in [2.75, 3.05) is 27.0 Å². The Morgan fingerprint density at radius 2 is 1.91 bits per heavy atom. The van der Waals surface area contributed by atoms with Gasteiger partial charge in [0.05, 0.1) is 6.42 Å². The van der Waals surface area contributed by atoms with Gasteiger partial charge in [0.1, 0.15) is 0 Å². The lowest BCUT2D eigenvalue weighted by Gasteiger charge is -1.91. The highest BCUT2D eigenvalue weighted by atomic mass is 35.5. The largest absolute Gasteiger partial charge is 0.529 e. The van der Waals surface area contributed by atoms with E-state index in [1.54, 1.807) is 0 Å². The van der Waals surface area contributed by atoms with Crippen molar-refractivity contribution < 1.29 is 9.22 Å². The van der Waals surface area contributed by atoms with Gasteiger partial charge < -0.3 is 9.33 Å². The zero-order chi connectivity index (χ0) is 9.28. The molecule has 0 saturated carbocycles. The molecule has 0 fully saturated rings. The lowest BCUT2D eigenvalue weighted by Crippen LogP contribution is -2.00. The summed E-state index contributed by atoms with van der Waals surface area (Å²) >= 11 is 5.19. The van der Waals surface area contributed by atoms with Crippen molar-refractivity contribution in [2.45, 2.75) is 6.42 Å². The summed E-state index contributed by atoms with van der Waals surface area (Å²) in [6.07, 6.45) is 0.338. The van der Waals surface area contributed by atoms with Crippen molar-refractivity contribution in [2.24, 2.45) is 0 Å². The van der Waals surface area contributed by atoms with E-state index in [1.165, 1.54) is 0 Å². The fourth-order valence-electron chi connectivity index (χ4n) is 0.179. The molecular formula is C6H16ClNO2Si. The maximum atomic E-state index is 10.1. The maximum absolute atomic E-state index is 10.1. The number of nitrogens with zero attached hydrogens (tertiary/aromatic N) is 1. The minimum absolute atomic E-state index is 0.193. The maximum Gasteiger partial charge on any atom is 0.293 e. The topological polar surface area (TPSA) is 29.5 Å². The quantitative estimate of drug-likeness (QED) is 0.447. The number of rotatable bonds is 2. The normalized spacial score (nSPS) is 8.82. The van der Waals surface area contributed by atoms with Gasteiger partial charge in [0.15, 0.2) is 0 Å². The smallest absolute Gasteiger partial charge is 0.293 e. The third kappa shape index (κ3) is 25.7. The molecule has 0 heterocycles. The van der Waals surface area contributed by atoms with Gasteiger partial charge in [0.25, 0.3) is 5.97 Å². The van der Waals surface area contributed by atoms with Crippen molar-refractivity contribution in [3.8, 4) is 0 Å². The van der Waals surface area contributed by atoms with Crippen LogP contribution in [-0.4, -0.2) is 48.4 Å². The third-order valence-corrected chi connectivity index (χ3v) is 1.17. The van der Waals surface area contributed by atoms with Crippen LogP contribution >= 0.6 is 11.6 Å². The number of hydrogen-bond acceptors (Lipinski definition) is 3. The van der Waals surface area contributed by atoms with Crippen LogP contribution < -0.4 is 0 Å². The zero-order valence-corrected chi connectivity index (χ0v) is 10.3. The molecule has 0 spiro atoms. The van der Waals surface area contributed by atoms with Gasteiger partial charge in [-0.05, 0) is 21.1 Å². The van der Waals surface area contributed by atoms with Crippen molar-refractivity contribution in [3.63, 3.8) is 0 Å². The van der Waals surface area contributed by atoms with Crippen LogP contribution in [-0.2, 0) is 9.22 Å². The first-order valence-electron chi connectivity index (χ1n) is 3.28. The second kappa shape index (κ2) is 9.94. The molecule has 0 aromatic carbocycles. The molecule has 11 heavy (non-hydrogen) atoms. The second-order valence-electron chi connectivity index (χ2n) is 2.36. The van der Waals surface area contributed by atoms with E-state index in [9.17, 15) is 4.79 Å². The number of carbonyl (C=O) groups is 1. The summed E-state index contributed by atoms with van der Waals surface area (Å²) in [4.78, 5) is 12.1. The Hall–Kier alpha value is -0.0631. The van der Waals surface area contributed by atoms with Crippen molar-refractivity contribution in [1.82, 2.24) is 4.90 Å². The molecule has 0 aliphatic rings. The van der Waals surface area contributed by atoms with E-state index in [4.69, 9.17) is 11.6 Å². The van der Waals surface area contributed by atoms with E-state index in [2.05, 4.69) is 4.43 Å². The number of halogens is 1. The SMILES string of the molecule is CN(C)C.O=C(CCCl)O[SiH3]. The fraction of sp³-hybridized carbons (Fsp3) is 0.833. The van der Waals surface area contributed by atoms with Crippen LogP contribution in [0.1, 0.15) is 6.42 Å². The van der Waals surface area contributed by atoms with Gasteiger partial charge in [-0.25, -0.2) is 0 Å². The van der Waals surface area contributed by atoms with Gasteiger partial charge in [-0.15, -0.1) is 11.6 Å². The summed E-state index contributed by atoms with van der Waals surface area (Å²) < 4.78 is 4.41. The second-order valence-corrected chi connectivity index (χ2v) is 3.14. The Balaban J connectivity index is 0. The summed E-state index contributed by atoms with van der Waals surface area (Å²) in [5.74, 6) is 0.169. The predicted molar refractivity (Wildman–Crippen MR) is 51.0 cm³/mol. The minimum Gasteiger partial charge on any atom is -0.529 e. The Morgan fingerprint density at radius 3 is 2.00 bits per heavy atom. The van der Waals surface area contributed by atoms with Crippen LogP contribution in [0.5, 0.6) is 0 Å². The highest BCUT2D eigenvalue weighted by molar-refractivity contribution is 6.19. The van der Waals surface area contributed by atoms with Crippen LogP contribution in [0.25, 0.3) is 0 Å². The lowest BCUT2D eigenvalue weighted by atomic mass is 10.5.